The Labute approximate surface area is 178 Å². The van der Waals surface area contributed by atoms with Gasteiger partial charge in [0.2, 0.25) is 11.9 Å². The Balaban J connectivity index is 1.40. The number of anilines is 1. The van der Waals surface area contributed by atoms with Gasteiger partial charge in [-0.1, -0.05) is 34.1 Å². The van der Waals surface area contributed by atoms with Gasteiger partial charge in [0.1, 0.15) is 5.75 Å². The number of benzene rings is 2. The number of hydrogen-bond acceptors (Lipinski definition) is 4. The minimum atomic E-state index is -0.0528. The highest BCUT2D eigenvalue weighted by atomic mass is 79.9. The SMILES string of the molecule is CCOc1ccccc1CNC(=O)[C@H]1CCCN(c2nc3ccc(Br)cc3[nH]2)C1. The molecule has 0 aliphatic carbocycles. The quantitative estimate of drug-likeness (QED) is 0.581. The van der Waals surface area contributed by atoms with E-state index in [2.05, 4.69) is 31.1 Å². The van der Waals surface area contributed by atoms with Gasteiger partial charge in [0.25, 0.3) is 0 Å². The Bertz CT molecular complexity index is 1000. The number of fused-ring (bicyclic) bond motifs is 1. The first-order valence-corrected chi connectivity index (χ1v) is 10.8. The number of halogens is 1. The molecule has 6 nitrogen and oxygen atoms in total. The molecule has 152 valence electrons. The van der Waals surface area contributed by atoms with Crippen molar-refractivity contribution in [2.75, 3.05) is 24.6 Å². The number of carbonyl (C=O) groups is 1. The van der Waals surface area contributed by atoms with Crippen LogP contribution in [-0.4, -0.2) is 35.6 Å². The van der Waals surface area contributed by atoms with E-state index >= 15 is 0 Å². The Morgan fingerprint density at radius 3 is 3.07 bits per heavy atom. The number of H-pyrrole nitrogens is 1. The highest BCUT2D eigenvalue weighted by Gasteiger charge is 2.27. The number of nitrogens with one attached hydrogen (secondary N) is 2. The van der Waals surface area contributed by atoms with E-state index in [9.17, 15) is 4.79 Å². The van der Waals surface area contributed by atoms with Gasteiger partial charge in [0.05, 0.1) is 23.6 Å². The van der Waals surface area contributed by atoms with Crippen molar-refractivity contribution in [1.29, 1.82) is 0 Å². The molecule has 1 saturated heterocycles. The summed E-state index contributed by atoms with van der Waals surface area (Å²) in [7, 11) is 0. The van der Waals surface area contributed by atoms with Gasteiger partial charge in [-0.15, -0.1) is 0 Å². The van der Waals surface area contributed by atoms with Crippen LogP contribution < -0.4 is 15.0 Å². The normalized spacial score (nSPS) is 16.8. The number of aromatic nitrogens is 2. The van der Waals surface area contributed by atoms with E-state index in [0.29, 0.717) is 19.7 Å². The fourth-order valence-electron chi connectivity index (χ4n) is 3.77. The van der Waals surface area contributed by atoms with E-state index in [1.54, 1.807) is 0 Å². The Kier molecular flexibility index (Phi) is 6.04. The lowest BCUT2D eigenvalue weighted by Gasteiger charge is -2.31. The molecular formula is C22H25BrN4O2. The van der Waals surface area contributed by atoms with Crippen LogP contribution in [0.25, 0.3) is 11.0 Å². The van der Waals surface area contributed by atoms with Crippen LogP contribution in [0.15, 0.2) is 46.9 Å². The summed E-state index contributed by atoms with van der Waals surface area (Å²) in [5.74, 6) is 1.69. The molecule has 4 rings (SSSR count). The molecular weight excluding hydrogens is 432 g/mol. The maximum Gasteiger partial charge on any atom is 0.225 e. The second kappa shape index (κ2) is 8.86. The fourth-order valence-corrected chi connectivity index (χ4v) is 4.14. The van der Waals surface area contributed by atoms with Crippen LogP contribution in [0.1, 0.15) is 25.3 Å². The molecule has 1 amide bonds. The third-order valence-electron chi connectivity index (χ3n) is 5.25. The number of hydrogen-bond donors (Lipinski definition) is 2. The first kappa shape index (κ1) is 19.8. The minimum Gasteiger partial charge on any atom is -0.494 e. The molecule has 1 aliphatic heterocycles. The maximum atomic E-state index is 12.8. The molecule has 2 N–H and O–H groups in total. The highest BCUT2D eigenvalue weighted by Crippen LogP contribution is 2.25. The van der Waals surface area contributed by atoms with Gasteiger partial charge >= 0.3 is 0 Å². The average Bonchev–Trinajstić information content (AvgIpc) is 3.16. The molecule has 1 aliphatic rings. The van der Waals surface area contributed by atoms with Crippen molar-refractivity contribution in [3.05, 3.63) is 52.5 Å². The third kappa shape index (κ3) is 4.56. The van der Waals surface area contributed by atoms with Gasteiger partial charge in [-0.3, -0.25) is 4.79 Å². The number of nitrogens with zero attached hydrogens (tertiary/aromatic N) is 2. The molecule has 0 spiro atoms. The van der Waals surface area contributed by atoms with Gasteiger partial charge < -0.3 is 19.9 Å². The number of imidazole rings is 1. The van der Waals surface area contributed by atoms with E-state index in [1.807, 2.05) is 49.4 Å². The van der Waals surface area contributed by atoms with Gasteiger partial charge in [0.15, 0.2) is 0 Å². The lowest BCUT2D eigenvalue weighted by atomic mass is 9.97. The predicted octanol–water partition coefficient (Wildman–Crippen LogP) is 4.26. The molecule has 0 saturated carbocycles. The van der Waals surface area contributed by atoms with Gasteiger partial charge in [-0.2, -0.15) is 0 Å². The van der Waals surface area contributed by atoms with Gasteiger partial charge in [0, 0.05) is 29.7 Å². The van der Waals surface area contributed by atoms with Crippen LogP contribution in [-0.2, 0) is 11.3 Å². The molecule has 3 aromatic rings. The molecule has 2 aromatic carbocycles. The molecule has 29 heavy (non-hydrogen) atoms. The van der Waals surface area contributed by atoms with Crippen molar-refractivity contribution in [1.82, 2.24) is 15.3 Å². The summed E-state index contributed by atoms with van der Waals surface area (Å²) in [6.45, 7) is 4.61. The van der Waals surface area contributed by atoms with E-state index in [1.165, 1.54) is 0 Å². The zero-order valence-electron chi connectivity index (χ0n) is 16.5. The van der Waals surface area contributed by atoms with Crippen LogP contribution in [0, 0.1) is 5.92 Å². The Hall–Kier alpha value is -2.54. The second-order valence-electron chi connectivity index (χ2n) is 7.27. The van der Waals surface area contributed by atoms with E-state index < -0.39 is 0 Å². The monoisotopic (exact) mass is 456 g/mol. The standard InChI is InChI=1S/C22H25BrN4O2/c1-2-29-20-8-4-3-6-15(20)13-24-21(28)16-7-5-11-27(14-16)22-25-18-10-9-17(23)12-19(18)26-22/h3-4,6,8-10,12,16H,2,5,7,11,13-14H2,1H3,(H,24,28)(H,25,26)/t16-/m0/s1. The van der Waals surface area contributed by atoms with Crippen molar-refractivity contribution in [3.8, 4) is 5.75 Å². The third-order valence-corrected chi connectivity index (χ3v) is 5.74. The largest absolute Gasteiger partial charge is 0.494 e. The maximum absolute atomic E-state index is 12.8. The van der Waals surface area contributed by atoms with Crippen LogP contribution in [0.4, 0.5) is 5.95 Å². The van der Waals surface area contributed by atoms with Crippen LogP contribution in [0.3, 0.4) is 0 Å². The Morgan fingerprint density at radius 1 is 1.34 bits per heavy atom. The van der Waals surface area contributed by atoms with E-state index in [4.69, 9.17) is 9.72 Å². The number of para-hydroxylation sites is 1. The minimum absolute atomic E-state index is 0.0528. The van der Waals surface area contributed by atoms with Gasteiger partial charge in [-0.05, 0) is 44.0 Å². The summed E-state index contributed by atoms with van der Waals surface area (Å²) in [6, 6.07) is 13.8. The summed E-state index contributed by atoms with van der Waals surface area (Å²) in [5.41, 5.74) is 2.93. The van der Waals surface area contributed by atoms with E-state index in [0.717, 1.165) is 52.2 Å². The molecule has 0 unspecified atom stereocenters. The first-order chi connectivity index (χ1) is 14.1. The number of amides is 1. The van der Waals surface area contributed by atoms with Crippen molar-refractivity contribution >= 4 is 38.8 Å². The molecule has 1 aromatic heterocycles. The molecule has 0 radical (unpaired) electrons. The summed E-state index contributed by atoms with van der Waals surface area (Å²) in [5, 5.41) is 3.09. The summed E-state index contributed by atoms with van der Waals surface area (Å²) >= 11 is 3.49. The number of carbonyl (C=O) groups excluding carboxylic acids is 1. The molecule has 1 atom stereocenters. The average molecular weight is 457 g/mol. The summed E-state index contributed by atoms with van der Waals surface area (Å²) < 4.78 is 6.67. The van der Waals surface area contributed by atoms with Crippen molar-refractivity contribution in [2.24, 2.45) is 5.92 Å². The number of piperidine rings is 1. The molecule has 2 heterocycles. The van der Waals surface area contributed by atoms with Crippen LogP contribution in [0.2, 0.25) is 0 Å². The molecule has 0 bridgehead atoms. The topological polar surface area (TPSA) is 70.2 Å². The summed E-state index contributed by atoms with van der Waals surface area (Å²) in [6.07, 6.45) is 1.86. The van der Waals surface area contributed by atoms with Crippen molar-refractivity contribution in [2.45, 2.75) is 26.3 Å². The van der Waals surface area contributed by atoms with Crippen LogP contribution in [0.5, 0.6) is 5.75 Å². The van der Waals surface area contributed by atoms with Crippen molar-refractivity contribution < 1.29 is 9.53 Å². The van der Waals surface area contributed by atoms with E-state index in [-0.39, 0.29) is 11.8 Å². The van der Waals surface area contributed by atoms with Gasteiger partial charge in [-0.25, -0.2) is 4.98 Å². The highest BCUT2D eigenvalue weighted by molar-refractivity contribution is 9.10. The smallest absolute Gasteiger partial charge is 0.225 e. The number of ether oxygens (including phenoxy) is 1. The van der Waals surface area contributed by atoms with Crippen LogP contribution >= 0.6 is 15.9 Å². The predicted molar refractivity (Wildman–Crippen MR) is 118 cm³/mol. The number of aromatic amines is 1. The first-order valence-electron chi connectivity index (χ1n) is 10.0. The zero-order chi connectivity index (χ0) is 20.2. The number of rotatable bonds is 6. The lowest BCUT2D eigenvalue weighted by Crippen LogP contribution is -2.43. The lowest BCUT2D eigenvalue weighted by molar-refractivity contribution is -0.125. The molecule has 1 fully saturated rings. The summed E-state index contributed by atoms with van der Waals surface area (Å²) in [4.78, 5) is 23.1. The Morgan fingerprint density at radius 2 is 2.21 bits per heavy atom. The second-order valence-corrected chi connectivity index (χ2v) is 8.18. The zero-order valence-corrected chi connectivity index (χ0v) is 18.0. The van der Waals surface area contributed by atoms with Crippen molar-refractivity contribution in [3.63, 3.8) is 0 Å². The fraction of sp³-hybridized carbons (Fsp3) is 0.364. The molecule has 7 heteroatoms.